The third kappa shape index (κ3) is 9.18. The minimum absolute atomic E-state index is 0.00720. The smallest absolute Gasteiger partial charge is 0.226 e. The van der Waals surface area contributed by atoms with Gasteiger partial charge in [-0.25, -0.2) is 0 Å². The van der Waals surface area contributed by atoms with Gasteiger partial charge in [-0.3, -0.25) is 9.59 Å². The van der Waals surface area contributed by atoms with E-state index in [-0.39, 0.29) is 23.4 Å². The largest absolute Gasteiger partial charge is 0.507 e. The van der Waals surface area contributed by atoms with Crippen LogP contribution in [-0.4, -0.2) is 41.3 Å². The van der Waals surface area contributed by atoms with Gasteiger partial charge in [0, 0.05) is 11.6 Å². The summed E-state index contributed by atoms with van der Waals surface area (Å²) in [6.07, 6.45) is 4.80. The minimum atomic E-state index is -0.113. The molecule has 1 amide bonds. The number of benzene rings is 3. The van der Waals surface area contributed by atoms with E-state index in [1.165, 1.54) is 69.4 Å². The summed E-state index contributed by atoms with van der Waals surface area (Å²) >= 11 is 0. The van der Waals surface area contributed by atoms with Crippen molar-refractivity contribution in [3.05, 3.63) is 95.6 Å². The molecule has 1 fully saturated rings. The number of rotatable bonds is 8. The Morgan fingerprint density at radius 2 is 1.62 bits per heavy atom. The molecule has 196 valence electrons. The molecule has 0 unspecified atom stereocenters. The summed E-state index contributed by atoms with van der Waals surface area (Å²) in [7, 11) is 0. The van der Waals surface area contributed by atoms with Gasteiger partial charge in [-0.15, -0.1) is 0 Å². The summed E-state index contributed by atoms with van der Waals surface area (Å²) in [5, 5.41) is 12.1. The van der Waals surface area contributed by atoms with Crippen LogP contribution in [0.3, 0.4) is 0 Å². The first-order valence-electron chi connectivity index (χ1n) is 13.3. The highest BCUT2D eigenvalue weighted by molar-refractivity contribution is 5.96. The molecule has 0 saturated carbocycles. The molecule has 5 nitrogen and oxygen atoms in total. The molecule has 3 aromatic rings. The van der Waals surface area contributed by atoms with Crippen molar-refractivity contribution in [3.8, 4) is 5.75 Å². The van der Waals surface area contributed by atoms with Gasteiger partial charge in [0.25, 0.3) is 0 Å². The lowest BCUT2D eigenvalue weighted by atomic mass is 9.89. The van der Waals surface area contributed by atoms with Crippen molar-refractivity contribution in [1.82, 2.24) is 4.90 Å². The van der Waals surface area contributed by atoms with Crippen LogP contribution in [0.4, 0.5) is 5.69 Å². The number of anilines is 1. The number of aryl methyl sites for hydroxylation is 1. The zero-order valence-corrected chi connectivity index (χ0v) is 22.3. The molecular formula is C32H40N2O3. The van der Waals surface area contributed by atoms with Gasteiger partial charge in [-0.05, 0) is 93.6 Å². The first-order chi connectivity index (χ1) is 17.8. The standard InChI is InChI=1S/C24H32N2O.C8H8O2/c1-19(2)24(27)25-23-12-6-11-22(18-23)21-13-16-26(17-14-21)15-7-10-20-8-4-3-5-9-20;1-6(9)7-4-2-3-5-8(7)10/h3-6,8-9,11-12,18-19,21H,7,10,13-17H2,1-2H3,(H,25,27);2-5,10H,1H3. The fraction of sp³-hybridized carbons (Fsp3) is 0.375. The van der Waals surface area contributed by atoms with Crippen molar-refractivity contribution in [2.75, 3.05) is 25.0 Å². The maximum absolute atomic E-state index is 11.9. The number of carbonyl (C=O) groups excluding carboxylic acids is 2. The van der Waals surface area contributed by atoms with Crippen LogP contribution < -0.4 is 5.32 Å². The molecule has 0 bridgehead atoms. The summed E-state index contributed by atoms with van der Waals surface area (Å²) in [5.74, 6) is 0.632. The van der Waals surface area contributed by atoms with Crippen LogP contribution in [0.2, 0.25) is 0 Å². The Kier molecular flexibility index (Phi) is 10.9. The van der Waals surface area contributed by atoms with Gasteiger partial charge in [0.2, 0.25) is 5.91 Å². The molecule has 5 heteroatoms. The van der Waals surface area contributed by atoms with E-state index in [0.29, 0.717) is 11.5 Å². The van der Waals surface area contributed by atoms with E-state index >= 15 is 0 Å². The van der Waals surface area contributed by atoms with Crippen molar-refractivity contribution in [2.24, 2.45) is 5.92 Å². The number of amides is 1. The monoisotopic (exact) mass is 500 g/mol. The van der Waals surface area contributed by atoms with Crippen molar-refractivity contribution in [1.29, 1.82) is 0 Å². The number of likely N-dealkylation sites (tertiary alicyclic amines) is 1. The van der Waals surface area contributed by atoms with E-state index in [0.717, 1.165) is 5.69 Å². The summed E-state index contributed by atoms with van der Waals surface area (Å²) < 4.78 is 0. The zero-order valence-electron chi connectivity index (χ0n) is 22.3. The normalized spacial score (nSPS) is 14.1. The molecule has 1 saturated heterocycles. The predicted molar refractivity (Wildman–Crippen MR) is 151 cm³/mol. The van der Waals surface area contributed by atoms with Gasteiger partial charge in [0.1, 0.15) is 5.75 Å². The van der Waals surface area contributed by atoms with Gasteiger partial charge in [-0.2, -0.15) is 0 Å². The molecule has 1 heterocycles. The van der Waals surface area contributed by atoms with E-state index in [1.807, 2.05) is 19.9 Å². The number of para-hydroxylation sites is 1. The average molecular weight is 501 g/mol. The molecule has 1 aliphatic heterocycles. The quantitative estimate of drug-likeness (QED) is 0.338. The number of hydrogen-bond donors (Lipinski definition) is 2. The van der Waals surface area contributed by atoms with Crippen LogP contribution >= 0.6 is 0 Å². The van der Waals surface area contributed by atoms with Crippen LogP contribution in [0, 0.1) is 5.92 Å². The second-order valence-electron chi connectivity index (χ2n) is 10.0. The van der Waals surface area contributed by atoms with Crippen LogP contribution in [-0.2, 0) is 11.2 Å². The number of Topliss-reactive ketones (excluding diaryl/α,β-unsaturated/α-hetero) is 1. The Morgan fingerprint density at radius 3 is 2.24 bits per heavy atom. The molecule has 0 aliphatic carbocycles. The Balaban J connectivity index is 0.000000319. The van der Waals surface area contributed by atoms with E-state index in [2.05, 4.69) is 58.7 Å². The number of piperidine rings is 1. The topological polar surface area (TPSA) is 69.6 Å². The number of phenolic OH excluding ortho intramolecular Hbond substituents is 1. The lowest BCUT2D eigenvalue weighted by molar-refractivity contribution is -0.118. The van der Waals surface area contributed by atoms with Crippen molar-refractivity contribution < 1.29 is 14.7 Å². The van der Waals surface area contributed by atoms with E-state index in [1.54, 1.807) is 18.2 Å². The Morgan fingerprint density at radius 1 is 0.946 bits per heavy atom. The number of carbonyl (C=O) groups is 2. The number of ketones is 1. The first kappa shape index (κ1) is 28.1. The Bertz CT molecular complexity index is 1140. The highest BCUT2D eigenvalue weighted by Crippen LogP contribution is 2.29. The van der Waals surface area contributed by atoms with E-state index < -0.39 is 0 Å². The van der Waals surface area contributed by atoms with Crippen LogP contribution in [0.1, 0.15) is 67.4 Å². The van der Waals surface area contributed by atoms with Gasteiger partial charge >= 0.3 is 0 Å². The predicted octanol–water partition coefficient (Wildman–Crippen LogP) is 6.69. The molecule has 2 N–H and O–H groups in total. The van der Waals surface area contributed by atoms with Crippen molar-refractivity contribution in [3.63, 3.8) is 0 Å². The summed E-state index contributed by atoms with van der Waals surface area (Å²) in [4.78, 5) is 25.2. The van der Waals surface area contributed by atoms with Crippen LogP contribution in [0.25, 0.3) is 0 Å². The first-order valence-corrected chi connectivity index (χ1v) is 13.3. The van der Waals surface area contributed by atoms with E-state index in [9.17, 15) is 9.59 Å². The molecule has 1 aliphatic rings. The lowest BCUT2D eigenvalue weighted by Crippen LogP contribution is -2.33. The molecule has 0 spiro atoms. The summed E-state index contributed by atoms with van der Waals surface area (Å²) in [6, 6.07) is 25.7. The maximum atomic E-state index is 11.9. The van der Waals surface area contributed by atoms with E-state index in [4.69, 9.17) is 5.11 Å². The van der Waals surface area contributed by atoms with Crippen LogP contribution in [0.15, 0.2) is 78.9 Å². The highest BCUT2D eigenvalue weighted by Gasteiger charge is 2.20. The number of hydrogen-bond acceptors (Lipinski definition) is 4. The number of nitrogens with one attached hydrogen (secondary N) is 1. The molecule has 3 aromatic carbocycles. The van der Waals surface area contributed by atoms with Gasteiger partial charge in [0.05, 0.1) is 5.56 Å². The molecule has 0 radical (unpaired) electrons. The van der Waals surface area contributed by atoms with Gasteiger partial charge in [-0.1, -0.05) is 68.4 Å². The third-order valence-corrected chi connectivity index (χ3v) is 6.80. The molecule has 0 aromatic heterocycles. The van der Waals surface area contributed by atoms with Crippen molar-refractivity contribution in [2.45, 2.75) is 52.4 Å². The SMILES string of the molecule is CC(=O)c1ccccc1O.CC(C)C(=O)Nc1cccc(C2CCN(CCCc3ccccc3)CC2)c1. The maximum Gasteiger partial charge on any atom is 0.226 e. The summed E-state index contributed by atoms with van der Waals surface area (Å²) in [5.41, 5.74) is 4.10. The molecule has 37 heavy (non-hydrogen) atoms. The Labute approximate surface area is 221 Å². The summed E-state index contributed by atoms with van der Waals surface area (Å²) in [6.45, 7) is 8.80. The minimum Gasteiger partial charge on any atom is -0.507 e. The number of aromatic hydroxyl groups is 1. The number of phenols is 1. The van der Waals surface area contributed by atoms with Gasteiger partial charge in [0.15, 0.2) is 5.78 Å². The number of nitrogens with zero attached hydrogens (tertiary/aromatic N) is 1. The molecule has 0 atom stereocenters. The molecule has 4 rings (SSSR count). The fourth-order valence-corrected chi connectivity index (χ4v) is 4.57. The fourth-order valence-electron chi connectivity index (χ4n) is 4.57. The van der Waals surface area contributed by atoms with Crippen molar-refractivity contribution >= 4 is 17.4 Å². The second-order valence-corrected chi connectivity index (χ2v) is 10.0. The molecular weight excluding hydrogens is 460 g/mol. The lowest BCUT2D eigenvalue weighted by Gasteiger charge is -2.32. The van der Waals surface area contributed by atoms with Crippen LogP contribution in [0.5, 0.6) is 5.75 Å². The Hall–Kier alpha value is -3.44. The zero-order chi connectivity index (χ0) is 26.6. The second kappa shape index (κ2) is 14.3. The average Bonchev–Trinajstić information content (AvgIpc) is 2.90. The third-order valence-electron chi connectivity index (χ3n) is 6.80. The van der Waals surface area contributed by atoms with Gasteiger partial charge < -0.3 is 15.3 Å². The highest BCUT2D eigenvalue weighted by atomic mass is 16.3.